The maximum absolute atomic E-state index is 11.0. The lowest BCUT2D eigenvalue weighted by Gasteiger charge is -2.43. The van der Waals surface area contributed by atoms with Gasteiger partial charge in [-0.25, -0.2) is 0 Å². The summed E-state index contributed by atoms with van der Waals surface area (Å²) in [6, 6.07) is 6.34. The molecule has 3 unspecified atom stereocenters. The summed E-state index contributed by atoms with van der Waals surface area (Å²) in [6.45, 7) is 9.12. The van der Waals surface area contributed by atoms with Gasteiger partial charge in [-0.1, -0.05) is 49.1 Å². The van der Waals surface area contributed by atoms with Crippen molar-refractivity contribution in [2.24, 2.45) is 5.92 Å². The van der Waals surface area contributed by atoms with Crippen LogP contribution in [-0.2, 0) is 4.74 Å². The Labute approximate surface area is 123 Å². The molecule has 2 nitrogen and oxygen atoms in total. The van der Waals surface area contributed by atoms with Gasteiger partial charge in [0.1, 0.15) is 6.10 Å². The molecule has 1 fully saturated rings. The van der Waals surface area contributed by atoms with E-state index in [1.165, 1.54) is 17.5 Å². The lowest BCUT2D eigenvalue weighted by atomic mass is 9.73. The second-order valence-electron chi connectivity index (χ2n) is 6.52. The van der Waals surface area contributed by atoms with Crippen LogP contribution >= 0.6 is 0 Å². The van der Waals surface area contributed by atoms with Crippen molar-refractivity contribution >= 4 is 0 Å². The fourth-order valence-electron chi connectivity index (χ4n) is 3.76. The van der Waals surface area contributed by atoms with Crippen LogP contribution in [0.2, 0.25) is 0 Å². The van der Waals surface area contributed by atoms with Crippen molar-refractivity contribution < 1.29 is 9.84 Å². The van der Waals surface area contributed by atoms with Crippen LogP contribution in [0.4, 0.5) is 0 Å². The van der Waals surface area contributed by atoms with Gasteiger partial charge in [-0.2, -0.15) is 0 Å². The molecule has 0 aromatic heterocycles. The Kier molecular flexibility index (Phi) is 4.87. The largest absolute Gasteiger partial charge is 0.385 e. The number of hydrogen-bond acceptors (Lipinski definition) is 2. The third-order valence-corrected chi connectivity index (χ3v) is 4.48. The Balaban J connectivity index is 2.32. The van der Waals surface area contributed by atoms with Gasteiger partial charge in [0.05, 0.1) is 5.60 Å². The molecule has 1 aliphatic rings. The number of aliphatic hydroxyl groups excluding tert-OH is 1. The first-order chi connectivity index (χ1) is 9.47. The molecule has 1 aliphatic carbocycles. The number of aliphatic hydroxyl groups is 1. The Hall–Kier alpha value is -0.860. The monoisotopic (exact) mass is 276 g/mol. The molecule has 3 atom stereocenters. The van der Waals surface area contributed by atoms with Crippen LogP contribution in [-0.4, -0.2) is 17.3 Å². The van der Waals surface area contributed by atoms with Gasteiger partial charge in [-0.15, -0.1) is 0 Å². The Bertz CT molecular complexity index is 430. The van der Waals surface area contributed by atoms with E-state index in [1.54, 1.807) is 0 Å². The van der Waals surface area contributed by atoms with Gasteiger partial charge in [-0.05, 0) is 45.1 Å². The van der Waals surface area contributed by atoms with Crippen LogP contribution in [0.5, 0.6) is 0 Å². The van der Waals surface area contributed by atoms with Crippen molar-refractivity contribution in [3.05, 3.63) is 34.9 Å². The molecule has 0 amide bonds. The van der Waals surface area contributed by atoms with Gasteiger partial charge in [0, 0.05) is 6.61 Å². The maximum Gasteiger partial charge on any atom is 0.108 e. The predicted molar refractivity (Wildman–Crippen MR) is 82.9 cm³/mol. The zero-order valence-corrected chi connectivity index (χ0v) is 13.3. The minimum absolute atomic E-state index is 0.396. The van der Waals surface area contributed by atoms with Crippen molar-refractivity contribution in [1.29, 1.82) is 0 Å². The Morgan fingerprint density at radius 2 is 1.95 bits per heavy atom. The lowest BCUT2D eigenvalue weighted by Crippen LogP contribution is -2.43. The average molecular weight is 276 g/mol. The van der Waals surface area contributed by atoms with E-state index >= 15 is 0 Å². The zero-order chi connectivity index (χ0) is 14.8. The smallest absolute Gasteiger partial charge is 0.108 e. The highest BCUT2D eigenvalue weighted by atomic mass is 16.5. The van der Waals surface area contributed by atoms with E-state index < -0.39 is 11.7 Å². The molecule has 1 aromatic rings. The lowest BCUT2D eigenvalue weighted by molar-refractivity contribution is -0.150. The standard InChI is InChI=1S/C18H28O2/c1-5-20-18(8-6-7-13(2)12-18)17(19)16-10-14(3)9-15(4)11-16/h9-11,13,17,19H,5-8,12H2,1-4H3. The van der Waals surface area contributed by atoms with Gasteiger partial charge < -0.3 is 9.84 Å². The first kappa shape index (κ1) is 15.5. The van der Waals surface area contributed by atoms with Gasteiger partial charge in [0.25, 0.3) is 0 Å². The zero-order valence-electron chi connectivity index (χ0n) is 13.3. The summed E-state index contributed by atoms with van der Waals surface area (Å²) < 4.78 is 6.09. The average Bonchev–Trinajstić information content (AvgIpc) is 2.37. The van der Waals surface area contributed by atoms with Crippen molar-refractivity contribution in [3.8, 4) is 0 Å². The maximum atomic E-state index is 11.0. The number of ether oxygens (including phenoxy) is 1. The summed E-state index contributed by atoms with van der Waals surface area (Å²) in [6.07, 6.45) is 3.77. The van der Waals surface area contributed by atoms with Crippen molar-refractivity contribution in [1.82, 2.24) is 0 Å². The normalized spacial score (nSPS) is 28.4. The quantitative estimate of drug-likeness (QED) is 0.887. The highest BCUT2D eigenvalue weighted by Crippen LogP contribution is 2.43. The van der Waals surface area contributed by atoms with Crippen molar-refractivity contribution in [2.75, 3.05) is 6.61 Å². The third kappa shape index (κ3) is 3.24. The molecule has 1 saturated carbocycles. The van der Waals surface area contributed by atoms with Crippen LogP contribution in [0.3, 0.4) is 0 Å². The second kappa shape index (κ2) is 6.28. The summed E-state index contributed by atoms with van der Waals surface area (Å²) in [5.74, 6) is 0.621. The first-order valence-corrected chi connectivity index (χ1v) is 7.87. The molecule has 0 aliphatic heterocycles. The SMILES string of the molecule is CCOC1(C(O)c2cc(C)cc(C)c2)CCCC(C)C1. The van der Waals surface area contributed by atoms with Crippen LogP contribution in [0.1, 0.15) is 62.3 Å². The number of benzene rings is 1. The molecule has 0 heterocycles. The van der Waals surface area contributed by atoms with Crippen LogP contribution < -0.4 is 0 Å². The van der Waals surface area contributed by atoms with E-state index in [-0.39, 0.29) is 0 Å². The summed E-state index contributed by atoms with van der Waals surface area (Å²) in [5, 5.41) is 11.0. The Morgan fingerprint density at radius 3 is 2.50 bits per heavy atom. The second-order valence-corrected chi connectivity index (χ2v) is 6.52. The summed E-state index contributed by atoms with van der Waals surface area (Å²) in [5.41, 5.74) is 3.02. The molecule has 0 radical (unpaired) electrons. The van der Waals surface area contributed by atoms with E-state index in [9.17, 15) is 5.11 Å². The topological polar surface area (TPSA) is 29.5 Å². The third-order valence-electron chi connectivity index (χ3n) is 4.48. The summed E-state index contributed by atoms with van der Waals surface area (Å²) in [7, 11) is 0. The predicted octanol–water partition coefficient (Wildman–Crippen LogP) is 4.32. The van der Waals surface area contributed by atoms with E-state index in [0.29, 0.717) is 12.5 Å². The fraction of sp³-hybridized carbons (Fsp3) is 0.667. The van der Waals surface area contributed by atoms with Crippen LogP contribution in [0, 0.1) is 19.8 Å². The minimum Gasteiger partial charge on any atom is -0.385 e. The molecule has 2 heteroatoms. The summed E-state index contributed by atoms with van der Waals surface area (Å²) in [4.78, 5) is 0. The van der Waals surface area contributed by atoms with Crippen molar-refractivity contribution in [2.45, 2.75) is 65.1 Å². The molecule has 1 N–H and O–H groups in total. The number of aryl methyl sites for hydroxylation is 2. The van der Waals surface area contributed by atoms with E-state index in [4.69, 9.17) is 4.74 Å². The molecule has 0 spiro atoms. The molecular weight excluding hydrogens is 248 g/mol. The molecule has 2 rings (SSSR count). The first-order valence-electron chi connectivity index (χ1n) is 7.87. The van der Waals surface area contributed by atoms with E-state index in [1.807, 2.05) is 6.92 Å². The van der Waals surface area contributed by atoms with Gasteiger partial charge >= 0.3 is 0 Å². The van der Waals surface area contributed by atoms with Crippen LogP contribution in [0.15, 0.2) is 18.2 Å². The molecule has 112 valence electrons. The van der Waals surface area contributed by atoms with Gasteiger partial charge in [0.2, 0.25) is 0 Å². The number of rotatable bonds is 4. The number of hydrogen-bond donors (Lipinski definition) is 1. The van der Waals surface area contributed by atoms with E-state index in [0.717, 1.165) is 24.8 Å². The van der Waals surface area contributed by atoms with Gasteiger partial charge in [0.15, 0.2) is 0 Å². The fourth-order valence-corrected chi connectivity index (χ4v) is 3.76. The Morgan fingerprint density at radius 1 is 1.30 bits per heavy atom. The molecule has 1 aromatic carbocycles. The van der Waals surface area contributed by atoms with E-state index in [2.05, 4.69) is 39.0 Å². The highest BCUT2D eigenvalue weighted by molar-refractivity contribution is 5.31. The molecule has 20 heavy (non-hydrogen) atoms. The van der Waals surface area contributed by atoms with Crippen LogP contribution in [0.25, 0.3) is 0 Å². The summed E-state index contributed by atoms with van der Waals surface area (Å²) >= 11 is 0. The molecule has 0 saturated heterocycles. The minimum atomic E-state index is -0.524. The van der Waals surface area contributed by atoms with Gasteiger partial charge in [-0.3, -0.25) is 0 Å². The molecular formula is C18H28O2. The van der Waals surface area contributed by atoms with Crippen molar-refractivity contribution in [3.63, 3.8) is 0 Å². The molecule has 0 bridgehead atoms. The highest BCUT2D eigenvalue weighted by Gasteiger charge is 2.42.